The molecule has 0 aliphatic heterocycles. The number of hydrogen-bond acceptors (Lipinski definition) is 1. The molecule has 1 nitrogen and oxygen atoms in total. The molecule has 0 amide bonds. The molecule has 68 valence electrons. The van der Waals surface area contributed by atoms with Gasteiger partial charge in [0.25, 0.3) is 0 Å². The van der Waals surface area contributed by atoms with Gasteiger partial charge in [-0.2, -0.15) is 0 Å². The Balaban J connectivity index is 2.63. The minimum atomic E-state index is 0.136. The standard InChI is InChI=1S/C12H14O/c1-3-10-13-12(4-2)11-8-6-5-7-9-11/h1,5-9,12H,4,10H2,2H3. The third-order valence-electron chi connectivity index (χ3n) is 1.91. The SMILES string of the molecule is C#CCOC(CC)c1ccccc1. The Bertz CT molecular complexity index is 271. The van der Waals surface area contributed by atoms with Gasteiger partial charge in [-0.15, -0.1) is 6.42 Å². The Morgan fingerprint density at radius 2 is 2.08 bits per heavy atom. The summed E-state index contributed by atoms with van der Waals surface area (Å²) in [5, 5.41) is 0. The highest BCUT2D eigenvalue weighted by molar-refractivity contribution is 5.17. The zero-order chi connectivity index (χ0) is 9.52. The maximum Gasteiger partial charge on any atom is 0.108 e. The first-order valence-corrected chi connectivity index (χ1v) is 4.48. The molecule has 0 fully saturated rings. The molecule has 0 heterocycles. The third kappa shape index (κ3) is 2.93. The number of rotatable bonds is 4. The van der Waals surface area contributed by atoms with Crippen LogP contribution < -0.4 is 0 Å². The molecule has 1 aromatic rings. The Morgan fingerprint density at radius 3 is 2.62 bits per heavy atom. The van der Waals surface area contributed by atoms with Crippen molar-refractivity contribution in [3.63, 3.8) is 0 Å². The van der Waals surface area contributed by atoms with E-state index in [1.807, 2.05) is 18.2 Å². The van der Waals surface area contributed by atoms with Gasteiger partial charge in [-0.25, -0.2) is 0 Å². The van der Waals surface area contributed by atoms with Crippen LogP contribution >= 0.6 is 0 Å². The van der Waals surface area contributed by atoms with Crippen LogP contribution in [0.3, 0.4) is 0 Å². The fraction of sp³-hybridized carbons (Fsp3) is 0.333. The maximum absolute atomic E-state index is 5.49. The van der Waals surface area contributed by atoms with Crippen LogP contribution in [-0.4, -0.2) is 6.61 Å². The Labute approximate surface area is 79.7 Å². The molecule has 0 bridgehead atoms. The monoisotopic (exact) mass is 174 g/mol. The normalized spacial score (nSPS) is 12.0. The van der Waals surface area contributed by atoms with Gasteiger partial charge in [0.2, 0.25) is 0 Å². The molecule has 0 aliphatic rings. The summed E-state index contributed by atoms with van der Waals surface area (Å²) >= 11 is 0. The lowest BCUT2D eigenvalue weighted by atomic mass is 10.1. The van der Waals surface area contributed by atoms with Gasteiger partial charge in [-0.05, 0) is 12.0 Å². The van der Waals surface area contributed by atoms with E-state index < -0.39 is 0 Å². The lowest BCUT2D eigenvalue weighted by Gasteiger charge is -2.14. The van der Waals surface area contributed by atoms with E-state index in [2.05, 4.69) is 25.0 Å². The molecule has 0 N–H and O–H groups in total. The molecule has 1 rings (SSSR count). The van der Waals surface area contributed by atoms with Crippen molar-refractivity contribution in [1.29, 1.82) is 0 Å². The van der Waals surface area contributed by atoms with E-state index in [1.165, 1.54) is 5.56 Å². The van der Waals surface area contributed by atoms with Crippen LogP contribution in [-0.2, 0) is 4.74 Å². The van der Waals surface area contributed by atoms with Crippen LogP contribution in [0.5, 0.6) is 0 Å². The third-order valence-corrected chi connectivity index (χ3v) is 1.91. The van der Waals surface area contributed by atoms with Crippen molar-refractivity contribution in [3.8, 4) is 12.3 Å². The molecule has 13 heavy (non-hydrogen) atoms. The van der Waals surface area contributed by atoms with Crippen molar-refractivity contribution in [3.05, 3.63) is 35.9 Å². The molecular weight excluding hydrogens is 160 g/mol. The van der Waals surface area contributed by atoms with E-state index in [1.54, 1.807) is 0 Å². The van der Waals surface area contributed by atoms with Crippen molar-refractivity contribution in [1.82, 2.24) is 0 Å². The van der Waals surface area contributed by atoms with E-state index in [-0.39, 0.29) is 6.10 Å². The molecule has 0 aliphatic carbocycles. The largest absolute Gasteiger partial charge is 0.361 e. The quantitative estimate of drug-likeness (QED) is 0.638. The maximum atomic E-state index is 5.49. The highest BCUT2D eigenvalue weighted by Crippen LogP contribution is 2.19. The van der Waals surface area contributed by atoms with E-state index in [0.717, 1.165) is 6.42 Å². The van der Waals surface area contributed by atoms with Crippen LogP contribution in [0.4, 0.5) is 0 Å². The number of terminal acetylenes is 1. The van der Waals surface area contributed by atoms with Crippen molar-refractivity contribution in [2.75, 3.05) is 6.61 Å². The summed E-state index contributed by atoms with van der Waals surface area (Å²) in [7, 11) is 0. The molecule has 1 aromatic carbocycles. The zero-order valence-electron chi connectivity index (χ0n) is 7.86. The van der Waals surface area contributed by atoms with Gasteiger partial charge in [0.05, 0.1) is 6.10 Å². The molecular formula is C12H14O. The van der Waals surface area contributed by atoms with Crippen molar-refractivity contribution in [2.24, 2.45) is 0 Å². The highest BCUT2D eigenvalue weighted by atomic mass is 16.5. The van der Waals surface area contributed by atoms with Crippen LogP contribution in [0.25, 0.3) is 0 Å². The molecule has 1 unspecified atom stereocenters. The summed E-state index contributed by atoms with van der Waals surface area (Å²) in [6.45, 7) is 2.47. The van der Waals surface area contributed by atoms with Gasteiger partial charge >= 0.3 is 0 Å². The fourth-order valence-electron chi connectivity index (χ4n) is 1.27. The van der Waals surface area contributed by atoms with E-state index in [4.69, 9.17) is 11.2 Å². The van der Waals surface area contributed by atoms with Gasteiger partial charge < -0.3 is 4.74 Å². The summed E-state index contributed by atoms with van der Waals surface area (Å²) < 4.78 is 5.49. The smallest absolute Gasteiger partial charge is 0.108 e. The predicted octanol–water partition coefficient (Wildman–Crippen LogP) is 2.79. The lowest BCUT2D eigenvalue weighted by molar-refractivity contribution is 0.0750. The van der Waals surface area contributed by atoms with Crippen molar-refractivity contribution < 1.29 is 4.74 Å². The molecule has 1 atom stereocenters. The number of benzene rings is 1. The molecule has 0 saturated carbocycles. The second-order valence-corrected chi connectivity index (χ2v) is 2.82. The minimum absolute atomic E-state index is 0.136. The highest BCUT2D eigenvalue weighted by Gasteiger charge is 2.07. The van der Waals surface area contributed by atoms with E-state index in [0.29, 0.717) is 6.61 Å². The van der Waals surface area contributed by atoms with Crippen LogP contribution in [0.1, 0.15) is 25.0 Å². The average molecular weight is 174 g/mol. The fourth-order valence-corrected chi connectivity index (χ4v) is 1.27. The van der Waals surface area contributed by atoms with Crippen LogP contribution in [0, 0.1) is 12.3 Å². The molecule has 1 heteroatoms. The summed E-state index contributed by atoms with van der Waals surface area (Å²) in [6.07, 6.45) is 6.22. The first-order valence-electron chi connectivity index (χ1n) is 4.48. The number of ether oxygens (including phenoxy) is 1. The van der Waals surface area contributed by atoms with Crippen molar-refractivity contribution in [2.45, 2.75) is 19.4 Å². The Hall–Kier alpha value is -1.26. The summed E-state index contributed by atoms with van der Waals surface area (Å²) in [5.41, 5.74) is 1.19. The summed E-state index contributed by atoms with van der Waals surface area (Å²) in [6, 6.07) is 10.1. The first kappa shape index (κ1) is 9.83. The van der Waals surface area contributed by atoms with Gasteiger partial charge in [-0.3, -0.25) is 0 Å². The molecule has 0 radical (unpaired) electrons. The topological polar surface area (TPSA) is 9.23 Å². The van der Waals surface area contributed by atoms with Gasteiger partial charge in [0, 0.05) is 0 Å². The minimum Gasteiger partial charge on any atom is -0.361 e. The molecule has 0 aromatic heterocycles. The predicted molar refractivity (Wildman–Crippen MR) is 54.3 cm³/mol. The lowest BCUT2D eigenvalue weighted by Crippen LogP contribution is -2.02. The summed E-state index contributed by atoms with van der Waals surface area (Å²) in [5.74, 6) is 2.48. The Kier molecular flexibility index (Phi) is 4.08. The second kappa shape index (κ2) is 5.40. The molecule has 0 spiro atoms. The Morgan fingerprint density at radius 1 is 1.38 bits per heavy atom. The van der Waals surface area contributed by atoms with Gasteiger partial charge in [-0.1, -0.05) is 43.2 Å². The van der Waals surface area contributed by atoms with Crippen LogP contribution in [0.15, 0.2) is 30.3 Å². The van der Waals surface area contributed by atoms with Gasteiger partial charge in [0.15, 0.2) is 0 Å². The number of hydrogen-bond donors (Lipinski definition) is 0. The van der Waals surface area contributed by atoms with Crippen molar-refractivity contribution >= 4 is 0 Å². The molecule has 0 saturated heterocycles. The average Bonchev–Trinajstić information content (AvgIpc) is 2.21. The van der Waals surface area contributed by atoms with E-state index >= 15 is 0 Å². The first-order chi connectivity index (χ1) is 6.38. The second-order valence-electron chi connectivity index (χ2n) is 2.82. The van der Waals surface area contributed by atoms with Crippen LogP contribution in [0.2, 0.25) is 0 Å². The van der Waals surface area contributed by atoms with Gasteiger partial charge in [0.1, 0.15) is 6.61 Å². The summed E-state index contributed by atoms with van der Waals surface area (Å²) in [4.78, 5) is 0. The van der Waals surface area contributed by atoms with E-state index in [9.17, 15) is 0 Å². The zero-order valence-corrected chi connectivity index (χ0v) is 7.86.